The van der Waals surface area contributed by atoms with Gasteiger partial charge in [-0.3, -0.25) is 14.5 Å². The van der Waals surface area contributed by atoms with E-state index in [0.29, 0.717) is 13.1 Å². The van der Waals surface area contributed by atoms with Crippen LogP contribution in [-0.4, -0.2) is 85.0 Å². The number of halogens is 1. The molecule has 2 fully saturated rings. The number of hydrogen-bond donors (Lipinski definition) is 0. The van der Waals surface area contributed by atoms with Crippen LogP contribution in [0.4, 0.5) is 4.39 Å². The van der Waals surface area contributed by atoms with Gasteiger partial charge in [0.2, 0.25) is 11.8 Å². The number of rotatable bonds is 7. The van der Waals surface area contributed by atoms with E-state index in [-0.39, 0.29) is 30.1 Å². The molecular formula is C21H30FN3O3. The molecule has 1 atom stereocenters. The Labute approximate surface area is 166 Å². The second kappa shape index (κ2) is 9.98. The maximum absolute atomic E-state index is 13.0. The van der Waals surface area contributed by atoms with Crippen molar-refractivity contribution in [1.29, 1.82) is 0 Å². The van der Waals surface area contributed by atoms with Crippen LogP contribution in [0.3, 0.4) is 0 Å². The third-order valence-electron chi connectivity index (χ3n) is 5.61. The molecular weight excluding hydrogens is 361 g/mol. The van der Waals surface area contributed by atoms with Crippen LogP contribution in [0.2, 0.25) is 0 Å². The largest absolute Gasteiger partial charge is 0.379 e. The first-order chi connectivity index (χ1) is 13.5. The number of carbonyl (C=O) groups is 2. The maximum atomic E-state index is 13.0. The lowest BCUT2D eigenvalue weighted by Crippen LogP contribution is -2.44. The molecule has 154 valence electrons. The van der Waals surface area contributed by atoms with Crippen LogP contribution in [0, 0.1) is 5.82 Å². The number of benzene rings is 1. The van der Waals surface area contributed by atoms with Gasteiger partial charge in [-0.2, -0.15) is 0 Å². The van der Waals surface area contributed by atoms with Gasteiger partial charge in [0.05, 0.1) is 25.7 Å². The molecule has 1 aromatic carbocycles. The molecule has 0 spiro atoms. The molecule has 2 amide bonds. The normalized spacial score (nSPS) is 20.4. The van der Waals surface area contributed by atoms with Crippen LogP contribution >= 0.6 is 0 Å². The predicted octanol–water partition coefficient (Wildman–Crippen LogP) is 1.54. The maximum Gasteiger partial charge on any atom is 0.227 e. The molecule has 0 aromatic heterocycles. The first-order valence-corrected chi connectivity index (χ1v) is 10.1. The summed E-state index contributed by atoms with van der Waals surface area (Å²) in [4.78, 5) is 30.9. The molecule has 2 aliphatic heterocycles. The number of carbonyl (C=O) groups excluding carboxylic acids is 2. The van der Waals surface area contributed by atoms with E-state index >= 15 is 0 Å². The minimum Gasteiger partial charge on any atom is -0.379 e. The molecule has 3 rings (SSSR count). The Bertz CT molecular complexity index is 661. The molecule has 2 aliphatic rings. The van der Waals surface area contributed by atoms with Crippen molar-refractivity contribution in [3.63, 3.8) is 0 Å². The number of nitrogens with zero attached hydrogens (tertiary/aromatic N) is 3. The quantitative estimate of drug-likeness (QED) is 0.708. The predicted molar refractivity (Wildman–Crippen MR) is 104 cm³/mol. The van der Waals surface area contributed by atoms with Crippen LogP contribution < -0.4 is 0 Å². The van der Waals surface area contributed by atoms with Gasteiger partial charge >= 0.3 is 0 Å². The number of hydrogen-bond acceptors (Lipinski definition) is 4. The van der Waals surface area contributed by atoms with Crippen LogP contribution in [0.25, 0.3) is 0 Å². The molecule has 0 bridgehead atoms. The van der Waals surface area contributed by atoms with Crippen molar-refractivity contribution in [2.45, 2.75) is 32.2 Å². The van der Waals surface area contributed by atoms with Gasteiger partial charge in [0.25, 0.3) is 0 Å². The second-order valence-corrected chi connectivity index (χ2v) is 7.61. The molecule has 1 unspecified atom stereocenters. The summed E-state index contributed by atoms with van der Waals surface area (Å²) in [5.74, 6) is -0.197. The zero-order valence-electron chi connectivity index (χ0n) is 16.6. The van der Waals surface area contributed by atoms with Gasteiger partial charge in [-0.25, -0.2) is 4.39 Å². The van der Waals surface area contributed by atoms with E-state index in [1.54, 1.807) is 19.1 Å². The van der Waals surface area contributed by atoms with Gasteiger partial charge in [-0.05, 0) is 30.5 Å². The first-order valence-electron chi connectivity index (χ1n) is 10.1. The van der Waals surface area contributed by atoms with Gasteiger partial charge in [0.1, 0.15) is 5.82 Å². The van der Waals surface area contributed by atoms with Crippen LogP contribution in [0.15, 0.2) is 24.3 Å². The minimum atomic E-state index is -0.299. The van der Waals surface area contributed by atoms with E-state index in [0.717, 1.165) is 57.8 Å². The zero-order chi connectivity index (χ0) is 19.9. The SMILES string of the molecule is CC(=O)N(CCCN1CCOCC1)C1CCN(C(=O)Cc2ccc(F)cc2)C1. The van der Waals surface area contributed by atoms with Crippen molar-refractivity contribution in [2.75, 3.05) is 52.5 Å². The Hall–Kier alpha value is -1.99. The molecule has 0 saturated carbocycles. The van der Waals surface area contributed by atoms with Crippen molar-refractivity contribution in [3.05, 3.63) is 35.6 Å². The van der Waals surface area contributed by atoms with Crippen LogP contribution in [-0.2, 0) is 20.7 Å². The fourth-order valence-electron chi connectivity index (χ4n) is 4.00. The van der Waals surface area contributed by atoms with E-state index < -0.39 is 0 Å². The Kier molecular flexibility index (Phi) is 7.39. The average Bonchev–Trinajstić information content (AvgIpc) is 3.17. The summed E-state index contributed by atoms with van der Waals surface area (Å²) < 4.78 is 18.4. The van der Waals surface area contributed by atoms with Crippen molar-refractivity contribution in [1.82, 2.24) is 14.7 Å². The van der Waals surface area contributed by atoms with Gasteiger partial charge in [-0.1, -0.05) is 12.1 Å². The summed E-state index contributed by atoms with van der Waals surface area (Å²) in [6.45, 7) is 8.01. The van der Waals surface area contributed by atoms with Gasteiger partial charge in [0.15, 0.2) is 0 Å². The molecule has 0 N–H and O–H groups in total. The fraction of sp³-hybridized carbons (Fsp3) is 0.619. The summed E-state index contributed by atoms with van der Waals surface area (Å²) in [5, 5.41) is 0. The van der Waals surface area contributed by atoms with Crippen molar-refractivity contribution in [3.8, 4) is 0 Å². The molecule has 0 aliphatic carbocycles. The van der Waals surface area contributed by atoms with E-state index in [4.69, 9.17) is 4.74 Å². The van der Waals surface area contributed by atoms with E-state index in [1.807, 2.05) is 9.80 Å². The lowest BCUT2D eigenvalue weighted by Gasteiger charge is -2.30. The highest BCUT2D eigenvalue weighted by Gasteiger charge is 2.31. The monoisotopic (exact) mass is 391 g/mol. The lowest BCUT2D eigenvalue weighted by atomic mass is 10.1. The Morgan fingerprint density at radius 2 is 1.89 bits per heavy atom. The highest BCUT2D eigenvalue weighted by atomic mass is 19.1. The fourth-order valence-corrected chi connectivity index (χ4v) is 4.00. The summed E-state index contributed by atoms with van der Waals surface area (Å²) in [5.41, 5.74) is 0.809. The summed E-state index contributed by atoms with van der Waals surface area (Å²) in [6, 6.07) is 6.13. The van der Waals surface area contributed by atoms with E-state index in [2.05, 4.69) is 4.90 Å². The Balaban J connectivity index is 1.47. The molecule has 0 radical (unpaired) electrons. The lowest BCUT2D eigenvalue weighted by molar-refractivity contribution is -0.133. The molecule has 6 nitrogen and oxygen atoms in total. The van der Waals surface area contributed by atoms with Crippen LogP contribution in [0.5, 0.6) is 0 Å². The molecule has 2 heterocycles. The standard InChI is InChI=1S/C21H30FN3O3/c1-17(26)25(9-2-8-23-11-13-28-14-12-23)20-7-10-24(16-20)21(27)15-18-3-5-19(22)6-4-18/h3-6,20H,2,7-16H2,1H3. The second-order valence-electron chi connectivity index (χ2n) is 7.61. The topological polar surface area (TPSA) is 53.1 Å². The average molecular weight is 391 g/mol. The molecule has 7 heteroatoms. The first kappa shape index (κ1) is 20.7. The molecule has 28 heavy (non-hydrogen) atoms. The van der Waals surface area contributed by atoms with E-state index in [9.17, 15) is 14.0 Å². The molecule has 1 aromatic rings. The zero-order valence-corrected chi connectivity index (χ0v) is 16.6. The van der Waals surface area contributed by atoms with Crippen molar-refractivity contribution >= 4 is 11.8 Å². The summed E-state index contributed by atoms with van der Waals surface area (Å²) in [7, 11) is 0. The summed E-state index contributed by atoms with van der Waals surface area (Å²) in [6.07, 6.45) is 2.01. The summed E-state index contributed by atoms with van der Waals surface area (Å²) >= 11 is 0. The Morgan fingerprint density at radius 1 is 1.18 bits per heavy atom. The molecule has 2 saturated heterocycles. The highest BCUT2D eigenvalue weighted by molar-refractivity contribution is 5.79. The van der Waals surface area contributed by atoms with Crippen molar-refractivity contribution < 1.29 is 18.7 Å². The minimum absolute atomic E-state index is 0.0333. The van der Waals surface area contributed by atoms with Crippen molar-refractivity contribution in [2.24, 2.45) is 0 Å². The number of ether oxygens (including phenoxy) is 1. The highest BCUT2D eigenvalue weighted by Crippen LogP contribution is 2.18. The Morgan fingerprint density at radius 3 is 2.57 bits per heavy atom. The van der Waals surface area contributed by atoms with Gasteiger partial charge in [-0.15, -0.1) is 0 Å². The van der Waals surface area contributed by atoms with Gasteiger partial charge < -0.3 is 14.5 Å². The third kappa shape index (κ3) is 5.75. The third-order valence-corrected chi connectivity index (χ3v) is 5.61. The van der Waals surface area contributed by atoms with Crippen LogP contribution in [0.1, 0.15) is 25.3 Å². The number of morpholine rings is 1. The van der Waals surface area contributed by atoms with E-state index in [1.165, 1.54) is 12.1 Å². The van der Waals surface area contributed by atoms with Gasteiger partial charge in [0, 0.05) is 46.2 Å². The number of amides is 2. The number of likely N-dealkylation sites (tertiary alicyclic amines) is 1. The smallest absolute Gasteiger partial charge is 0.227 e.